The van der Waals surface area contributed by atoms with E-state index < -0.39 is 0 Å². The van der Waals surface area contributed by atoms with Gasteiger partial charge in [0.25, 0.3) is 0 Å². The minimum Gasteiger partial charge on any atom is -0.352 e. The molecule has 22 heavy (non-hydrogen) atoms. The molecule has 0 aromatic heterocycles. The molecule has 1 fully saturated rings. The zero-order chi connectivity index (χ0) is 15.4. The smallest absolute Gasteiger partial charge is 0.234 e. The van der Waals surface area contributed by atoms with E-state index in [1.54, 1.807) is 0 Å². The van der Waals surface area contributed by atoms with Crippen molar-refractivity contribution in [1.82, 2.24) is 10.2 Å². The first-order chi connectivity index (χ1) is 9.97. The van der Waals surface area contributed by atoms with E-state index in [1.165, 1.54) is 5.56 Å². The zero-order valence-electron chi connectivity index (χ0n) is 13.7. The molecule has 5 heteroatoms. The number of hydrogen-bond donors (Lipinski definition) is 2. The summed E-state index contributed by atoms with van der Waals surface area (Å²) in [6, 6.07) is 10.6. The molecule has 0 radical (unpaired) electrons. The Balaban J connectivity index is 0.00000242. The van der Waals surface area contributed by atoms with Gasteiger partial charge < -0.3 is 11.1 Å². The molecule has 1 amide bonds. The molecular weight excluding hydrogens is 298 g/mol. The van der Waals surface area contributed by atoms with E-state index >= 15 is 0 Å². The summed E-state index contributed by atoms with van der Waals surface area (Å²) in [7, 11) is 0. The SMILES string of the molecule is CC(C)C(C)NC(=O)CN1C[C@@H](N)[C@H](c2ccccc2)C1.Cl. The fourth-order valence-electron chi connectivity index (χ4n) is 2.76. The molecule has 0 bridgehead atoms. The third-order valence-electron chi connectivity index (χ3n) is 4.42. The molecular formula is C17H28ClN3O. The minimum absolute atomic E-state index is 0. The van der Waals surface area contributed by atoms with Crippen molar-refractivity contribution in [2.24, 2.45) is 11.7 Å². The van der Waals surface area contributed by atoms with Crippen molar-refractivity contribution in [3.8, 4) is 0 Å². The number of likely N-dealkylation sites (tertiary alicyclic amines) is 1. The average Bonchev–Trinajstić information content (AvgIpc) is 2.80. The van der Waals surface area contributed by atoms with Crippen LogP contribution >= 0.6 is 12.4 Å². The molecule has 1 aliphatic heterocycles. The van der Waals surface area contributed by atoms with Gasteiger partial charge in [0, 0.05) is 31.1 Å². The van der Waals surface area contributed by atoms with Gasteiger partial charge in [0.15, 0.2) is 0 Å². The van der Waals surface area contributed by atoms with Gasteiger partial charge >= 0.3 is 0 Å². The molecule has 0 saturated carbocycles. The molecule has 3 atom stereocenters. The highest BCUT2D eigenvalue weighted by Gasteiger charge is 2.32. The quantitative estimate of drug-likeness (QED) is 0.870. The molecule has 0 spiro atoms. The van der Waals surface area contributed by atoms with Crippen molar-refractivity contribution in [2.45, 2.75) is 38.8 Å². The van der Waals surface area contributed by atoms with Crippen molar-refractivity contribution >= 4 is 18.3 Å². The Bertz CT molecular complexity index is 466. The van der Waals surface area contributed by atoms with E-state index in [0.717, 1.165) is 13.1 Å². The Morgan fingerprint density at radius 1 is 1.27 bits per heavy atom. The number of nitrogens with one attached hydrogen (secondary N) is 1. The Morgan fingerprint density at radius 3 is 2.50 bits per heavy atom. The lowest BCUT2D eigenvalue weighted by Crippen LogP contribution is -2.42. The lowest BCUT2D eigenvalue weighted by atomic mass is 9.95. The second kappa shape index (κ2) is 8.51. The van der Waals surface area contributed by atoms with Crippen molar-refractivity contribution in [1.29, 1.82) is 0 Å². The second-order valence-electron chi connectivity index (χ2n) is 6.48. The lowest BCUT2D eigenvalue weighted by Gasteiger charge is -2.20. The van der Waals surface area contributed by atoms with Crippen LogP contribution in [0.2, 0.25) is 0 Å². The van der Waals surface area contributed by atoms with Crippen molar-refractivity contribution in [2.75, 3.05) is 19.6 Å². The van der Waals surface area contributed by atoms with E-state index in [0.29, 0.717) is 18.4 Å². The predicted octanol–water partition coefficient (Wildman–Crippen LogP) is 2.00. The van der Waals surface area contributed by atoms with Crippen molar-refractivity contribution < 1.29 is 4.79 Å². The number of amides is 1. The molecule has 124 valence electrons. The molecule has 1 unspecified atom stereocenters. The summed E-state index contributed by atoms with van der Waals surface area (Å²) in [5.41, 5.74) is 7.52. The average molecular weight is 326 g/mol. The first-order valence-electron chi connectivity index (χ1n) is 7.79. The summed E-state index contributed by atoms with van der Waals surface area (Å²) in [5.74, 6) is 0.866. The summed E-state index contributed by atoms with van der Waals surface area (Å²) in [6.45, 7) is 8.35. The maximum atomic E-state index is 12.1. The number of nitrogens with zero attached hydrogens (tertiary/aromatic N) is 1. The maximum absolute atomic E-state index is 12.1. The third kappa shape index (κ3) is 4.97. The second-order valence-corrected chi connectivity index (χ2v) is 6.48. The minimum atomic E-state index is 0. The van der Waals surface area contributed by atoms with Crippen LogP contribution in [0.5, 0.6) is 0 Å². The Kier molecular flexibility index (Phi) is 7.33. The van der Waals surface area contributed by atoms with Gasteiger partial charge in [-0.25, -0.2) is 0 Å². The predicted molar refractivity (Wildman–Crippen MR) is 93.3 cm³/mol. The van der Waals surface area contributed by atoms with Crippen LogP contribution in [-0.2, 0) is 4.79 Å². The molecule has 3 N–H and O–H groups in total. The van der Waals surface area contributed by atoms with E-state index in [1.807, 2.05) is 25.1 Å². The lowest BCUT2D eigenvalue weighted by molar-refractivity contribution is -0.122. The number of hydrogen-bond acceptors (Lipinski definition) is 3. The fourth-order valence-corrected chi connectivity index (χ4v) is 2.76. The summed E-state index contributed by atoms with van der Waals surface area (Å²) in [6.07, 6.45) is 0. The van der Waals surface area contributed by atoms with Gasteiger partial charge in [-0.1, -0.05) is 44.2 Å². The first-order valence-corrected chi connectivity index (χ1v) is 7.79. The third-order valence-corrected chi connectivity index (χ3v) is 4.42. The van der Waals surface area contributed by atoms with Gasteiger partial charge in [-0.15, -0.1) is 12.4 Å². The fraction of sp³-hybridized carbons (Fsp3) is 0.588. The van der Waals surface area contributed by atoms with Crippen LogP contribution in [0.1, 0.15) is 32.3 Å². The Morgan fingerprint density at radius 2 is 1.91 bits per heavy atom. The van der Waals surface area contributed by atoms with Gasteiger partial charge in [-0.2, -0.15) is 0 Å². The maximum Gasteiger partial charge on any atom is 0.234 e. The largest absolute Gasteiger partial charge is 0.352 e. The van der Waals surface area contributed by atoms with Crippen LogP contribution in [0.15, 0.2) is 30.3 Å². The zero-order valence-corrected chi connectivity index (χ0v) is 14.5. The first kappa shape index (κ1) is 18.9. The van der Waals surface area contributed by atoms with Gasteiger partial charge in [0.1, 0.15) is 0 Å². The summed E-state index contributed by atoms with van der Waals surface area (Å²) < 4.78 is 0. The number of carbonyl (C=O) groups is 1. The van der Waals surface area contributed by atoms with Crippen LogP contribution in [0, 0.1) is 5.92 Å². The monoisotopic (exact) mass is 325 g/mol. The normalized spacial score (nSPS) is 23.1. The standard InChI is InChI=1S/C17H27N3O.ClH/c1-12(2)13(3)19-17(21)11-20-9-15(16(18)10-20)14-7-5-4-6-8-14;/h4-8,12-13,15-16H,9-11,18H2,1-3H3,(H,19,21);1H/t13?,15-,16+;/m0./s1. The summed E-state index contributed by atoms with van der Waals surface area (Å²) in [4.78, 5) is 14.2. The molecule has 1 heterocycles. The number of nitrogens with two attached hydrogens (primary N) is 1. The van der Waals surface area contributed by atoms with Gasteiger partial charge in [0.2, 0.25) is 5.91 Å². The summed E-state index contributed by atoms with van der Waals surface area (Å²) in [5, 5.41) is 3.05. The van der Waals surface area contributed by atoms with Gasteiger partial charge in [0.05, 0.1) is 6.54 Å². The van der Waals surface area contributed by atoms with Crippen molar-refractivity contribution in [3.05, 3.63) is 35.9 Å². The highest BCUT2D eigenvalue weighted by molar-refractivity contribution is 5.85. The molecule has 1 aliphatic rings. The molecule has 0 aliphatic carbocycles. The van der Waals surface area contributed by atoms with Crippen LogP contribution in [0.3, 0.4) is 0 Å². The highest BCUT2D eigenvalue weighted by atomic mass is 35.5. The van der Waals surface area contributed by atoms with E-state index in [9.17, 15) is 4.79 Å². The topological polar surface area (TPSA) is 58.4 Å². The molecule has 1 aromatic rings. The number of rotatable bonds is 5. The number of carbonyl (C=O) groups excluding carboxylic acids is 1. The molecule has 1 aromatic carbocycles. The van der Waals surface area contributed by atoms with Crippen LogP contribution < -0.4 is 11.1 Å². The van der Waals surface area contributed by atoms with Crippen LogP contribution in [-0.4, -0.2) is 42.5 Å². The van der Waals surface area contributed by atoms with Crippen LogP contribution in [0.4, 0.5) is 0 Å². The molecule has 4 nitrogen and oxygen atoms in total. The van der Waals surface area contributed by atoms with Gasteiger partial charge in [-0.3, -0.25) is 9.69 Å². The van der Waals surface area contributed by atoms with Crippen LogP contribution in [0.25, 0.3) is 0 Å². The molecule has 1 saturated heterocycles. The van der Waals surface area contributed by atoms with Gasteiger partial charge in [-0.05, 0) is 18.4 Å². The summed E-state index contributed by atoms with van der Waals surface area (Å²) >= 11 is 0. The Labute approximate surface area is 139 Å². The van der Waals surface area contributed by atoms with Crippen molar-refractivity contribution in [3.63, 3.8) is 0 Å². The number of halogens is 1. The van der Waals surface area contributed by atoms with E-state index in [-0.39, 0.29) is 30.4 Å². The van der Waals surface area contributed by atoms with E-state index in [2.05, 4.69) is 36.2 Å². The number of benzene rings is 1. The molecule has 2 rings (SSSR count). The Hall–Kier alpha value is -1.10. The highest BCUT2D eigenvalue weighted by Crippen LogP contribution is 2.25. The van der Waals surface area contributed by atoms with E-state index in [4.69, 9.17) is 5.73 Å².